The van der Waals surface area contributed by atoms with E-state index in [4.69, 9.17) is 10.5 Å². The number of pyridine rings is 1. The molecule has 0 spiro atoms. The molecular weight excluding hydrogens is 535 g/mol. The average molecular weight is 567 g/mol. The molecule has 10 heteroatoms. The second-order valence-electron chi connectivity index (χ2n) is 10.8. The molecular formula is C32H31FN6O3. The molecule has 9 nitrogen and oxygen atoms in total. The minimum Gasteiger partial charge on any atom is -0.383 e. The topological polar surface area (TPSA) is 117 Å². The van der Waals surface area contributed by atoms with Crippen LogP contribution in [0, 0.1) is 18.7 Å². The van der Waals surface area contributed by atoms with Gasteiger partial charge in [-0.25, -0.2) is 14.4 Å². The molecule has 2 aromatic carbocycles. The first kappa shape index (κ1) is 27.3. The second-order valence-corrected chi connectivity index (χ2v) is 10.8. The molecule has 0 saturated carbocycles. The number of nitrogens with two attached hydrogens (primary N) is 1. The summed E-state index contributed by atoms with van der Waals surface area (Å²) in [5.74, 6) is -0.671. The molecule has 1 aliphatic heterocycles. The summed E-state index contributed by atoms with van der Waals surface area (Å²) in [5.41, 5.74) is 9.64. The number of nitrogens with one attached hydrogen (secondary N) is 1. The summed E-state index contributed by atoms with van der Waals surface area (Å²) in [5, 5.41) is 3.24. The Bertz CT molecular complexity index is 1860. The predicted octanol–water partition coefficient (Wildman–Crippen LogP) is 5.17. The van der Waals surface area contributed by atoms with Gasteiger partial charge in [-0.2, -0.15) is 0 Å². The zero-order valence-electron chi connectivity index (χ0n) is 23.4. The summed E-state index contributed by atoms with van der Waals surface area (Å²) in [6.07, 6.45) is 8.36. The highest BCUT2D eigenvalue weighted by Crippen LogP contribution is 2.33. The number of nitrogens with zero attached hydrogens (tertiary/aromatic N) is 4. The Morgan fingerprint density at radius 1 is 1.05 bits per heavy atom. The van der Waals surface area contributed by atoms with Crippen LogP contribution in [0.3, 0.4) is 0 Å². The van der Waals surface area contributed by atoms with Crippen molar-refractivity contribution in [1.82, 2.24) is 19.1 Å². The molecule has 6 rings (SSSR count). The molecule has 1 aliphatic rings. The normalized spacial score (nSPS) is 13.9. The quantitative estimate of drug-likeness (QED) is 0.293. The Balaban J connectivity index is 1.33. The highest BCUT2D eigenvalue weighted by Gasteiger charge is 2.21. The summed E-state index contributed by atoms with van der Waals surface area (Å²) in [6.45, 7) is 4.00. The maximum atomic E-state index is 15.4. The molecule has 5 aromatic rings. The van der Waals surface area contributed by atoms with Crippen molar-refractivity contribution in [2.75, 3.05) is 24.3 Å². The summed E-state index contributed by atoms with van der Waals surface area (Å²) in [7, 11) is 1.82. The first-order valence-corrected chi connectivity index (χ1v) is 13.8. The van der Waals surface area contributed by atoms with Crippen molar-refractivity contribution < 1.29 is 13.9 Å². The number of fused-ring (bicyclic) bond motifs is 1. The Hall–Kier alpha value is -4.83. The molecule has 0 bridgehead atoms. The first-order valence-electron chi connectivity index (χ1n) is 13.8. The maximum Gasteiger partial charge on any atom is 0.261 e. The van der Waals surface area contributed by atoms with E-state index in [1.165, 1.54) is 18.5 Å². The number of nitrogen functional groups attached to an aromatic ring is 1. The number of ether oxygens (including phenoxy) is 1. The van der Waals surface area contributed by atoms with Crippen LogP contribution in [0.1, 0.15) is 28.8 Å². The van der Waals surface area contributed by atoms with Crippen molar-refractivity contribution >= 4 is 28.4 Å². The summed E-state index contributed by atoms with van der Waals surface area (Å²) in [4.78, 5) is 35.4. The van der Waals surface area contributed by atoms with E-state index in [0.717, 1.165) is 24.0 Å². The molecule has 42 heavy (non-hydrogen) atoms. The van der Waals surface area contributed by atoms with Crippen molar-refractivity contribution in [2.24, 2.45) is 13.0 Å². The number of halogens is 1. The van der Waals surface area contributed by atoms with Gasteiger partial charge in [0.1, 0.15) is 29.2 Å². The van der Waals surface area contributed by atoms with Crippen LogP contribution in [0.5, 0.6) is 0 Å². The van der Waals surface area contributed by atoms with Crippen LogP contribution in [0.4, 0.5) is 15.9 Å². The van der Waals surface area contributed by atoms with Crippen LogP contribution in [0.25, 0.3) is 33.3 Å². The molecule has 1 saturated heterocycles. The maximum absolute atomic E-state index is 15.4. The van der Waals surface area contributed by atoms with E-state index >= 15 is 4.39 Å². The van der Waals surface area contributed by atoms with Gasteiger partial charge in [0.2, 0.25) is 5.43 Å². The van der Waals surface area contributed by atoms with E-state index in [9.17, 15) is 9.59 Å². The van der Waals surface area contributed by atoms with Crippen molar-refractivity contribution in [3.63, 3.8) is 0 Å². The van der Waals surface area contributed by atoms with Crippen LogP contribution in [-0.2, 0) is 18.3 Å². The van der Waals surface area contributed by atoms with Gasteiger partial charge in [-0.15, -0.1) is 0 Å². The standard InChI is InChI=1S/C32H31FN6O3/c1-19-3-5-21(6-4-19)24-16-39(14-20-9-11-42-12-10-20)17-25(29(24)40)32(41)37-27-8-7-22(13-26(27)33)23-15-38(2)31-28(23)30(34)35-18-36-31/h3-8,13,15-18,20H,9-12,14H2,1-2H3,(H,37,41)(H2,34,35,36). The molecule has 214 valence electrons. The van der Waals surface area contributed by atoms with Crippen LogP contribution in [0.15, 0.2) is 72.2 Å². The Kier molecular flexibility index (Phi) is 7.30. The van der Waals surface area contributed by atoms with E-state index < -0.39 is 17.2 Å². The number of hydrogen-bond acceptors (Lipinski definition) is 6. The average Bonchev–Trinajstić information content (AvgIpc) is 3.33. The smallest absolute Gasteiger partial charge is 0.261 e. The monoisotopic (exact) mass is 566 g/mol. The highest BCUT2D eigenvalue weighted by molar-refractivity contribution is 6.05. The fourth-order valence-corrected chi connectivity index (χ4v) is 5.49. The number of aryl methyl sites for hydroxylation is 2. The van der Waals surface area contributed by atoms with Gasteiger partial charge < -0.3 is 24.9 Å². The van der Waals surface area contributed by atoms with Gasteiger partial charge in [0.25, 0.3) is 5.91 Å². The van der Waals surface area contributed by atoms with Gasteiger partial charge in [0.15, 0.2) is 0 Å². The number of carbonyl (C=O) groups is 1. The Morgan fingerprint density at radius 3 is 2.52 bits per heavy atom. The largest absolute Gasteiger partial charge is 0.383 e. The fourth-order valence-electron chi connectivity index (χ4n) is 5.49. The molecule has 1 fully saturated rings. The van der Waals surface area contributed by atoms with Gasteiger partial charge >= 0.3 is 0 Å². The molecule has 1 amide bonds. The third kappa shape index (κ3) is 5.28. The molecule has 3 aromatic heterocycles. The van der Waals surface area contributed by atoms with Gasteiger partial charge in [-0.05, 0) is 48.9 Å². The number of hydrogen-bond donors (Lipinski definition) is 2. The van der Waals surface area contributed by atoms with Crippen molar-refractivity contribution in [2.45, 2.75) is 26.3 Å². The van der Waals surface area contributed by atoms with Crippen LogP contribution < -0.4 is 16.5 Å². The zero-order valence-corrected chi connectivity index (χ0v) is 23.4. The van der Waals surface area contributed by atoms with E-state index in [1.807, 2.05) is 42.8 Å². The Labute approximate surface area is 241 Å². The van der Waals surface area contributed by atoms with E-state index in [2.05, 4.69) is 15.3 Å². The Morgan fingerprint density at radius 2 is 1.79 bits per heavy atom. The fraction of sp³-hybridized carbons (Fsp3) is 0.250. The van der Waals surface area contributed by atoms with Crippen molar-refractivity contribution in [1.29, 1.82) is 0 Å². The lowest BCUT2D eigenvalue weighted by atomic mass is 9.99. The van der Waals surface area contributed by atoms with Gasteiger partial charge in [-0.1, -0.05) is 35.9 Å². The molecule has 3 N–H and O–H groups in total. The minimum atomic E-state index is -0.677. The number of anilines is 2. The molecule has 0 unspecified atom stereocenters. The highest BCUT2D eigenvalue weighted by atomic mass is 19.1. The van der Waals surface area contributed by atoms with Gasteiger partial charge in [-0.3, -0.25) is 9.59 Å². The number of aromatic nitrogens is 4. The van der Waals surface area contributed by atoms with E-state index in [0.29, 0.717) is 59.2 Å². The van der Waals surface area contributed by atoms with Crippen molar-refractivity contribution in [3.05, 3.63) is 94.5 Å². The van der Waals surface area contributed by atoms with E-state index in [-0.39, 0.29) is 11.3 Å². The molecule has 0 aliphatic carbocycles. The zero-order chi connectivity index (χ0) is 29.4. The lowest BCUT2D eigenvalue weighted by molar-refractivity contribution is 0.0612. The third-order valence-corrected chi connectivity index (χ3v) is 7.81. The lowest BCUT2D eigenvalue weighted by Gasteiger charge is -2.23. The predicted molar refractivity (Wildman–Crippen MR) is 161 cm³/mol. The number of amides is 1. The summed E-state index contributed by atoms with van der Waals surface area (Å²) < 4.78 is 24.6. The van der Waals surface area contributed by atoms with Gasteiger partial charge in [0, 0.05) is 56.5 Å². The summed E-state index contributed by atoms with van der Waals surface area (Å²) in [6, 6.07) is 12.1. The molecule has 4 heterocycles. The van der Waals surface area contributed by atoms with E-state index in [1.54, 1.807) is 29.2 Å². The van der Waals surface area contributed by atoms with Crippen LogP contribution in [-0.4, -0.2) is 38.2 Å². The molecule has 0 radical (unpaired) electrons. The van der Waals surface area contributed by atoms with Crippen LogP contribution >= 0.6 is 0 Å². The van der Waals surface area contributed by atoms with Crippen molar-refractivity contribution in [3.8, 4) is 22.3 Å². The second kappa shape index (κ2) is 11.2. The number of rotatable bonds is 6. The number of benzene rings is 2. The SMILES string of the molecule is Cc1ccc(-c2cn(CC3CCOCC3)cc(C(=O)Nc3ccc(-c4cn(C)c5ncnc(N)c45)cc3F)c2=O)cc1. The first-order chi connectivity index (χ1) is 20.3. The molecule has 0 atom stereocenters. The minimum absolute atomic E-state index is 0.0377. The van der Waals surface area contributed by atoms with Crippen LogP contribution in [0.2, 0.25) is 0 Å². The third-order valence-electron chi connectivity index (χ3n) is 7.81. The summed E-state index contributed by atoms with van der Waals surface area (Å²) >= 11 is 0. The number of carbonyl (C=O) groups excluding carboxylic acids is 1. The lowest BCUT2D eigenvalue weighted by Crippen LogP contribution is -2.27. The van der Waals surface area contributed by atoms with Gasteiger partial charge in [0.05, 0.1) is 11.1 Å².